The predicted molar refractivity (Wildman–Crippen MR) is 131 cm³/mol. The topological polar surface area (TPSA) is 48.5 Å². The van der Waals surface area contributed by atoms with E-state index in [0.717, 1.165) is 76.0 Å². The Hall–Kier alpha value is -2.77. The molecule has 0 bridgehead atoms. The summed E-state index contributed by atoms with van der Waals surface area (Å²) in [5.41, 5.74) is 2.37. The molecule has 1 atom stereocenters. The summed E-state index contributed by atoms with van der Waals surface area (Å²) in [5.74, 6) is 1.98. The molecule has 0 saturated carbocycles. The largest absolute Gasteiger partial charge is 0.497 e. The van der Waals surface area contributed by atoms with Gasteiger partial charge < -0.3 is 19.3 Å². The molecule has 0 radical (unpaired) electrons. The molecule has 1 amide bonds. The Bertz CT molecular complexity index is 907. The van der Waals surface area contributed by atoms with Crippen molar-refractivity contribution in [1.29, 1.82) is 0 Å². The van der Waals surface area contributed by atoms with Crippen molar-refractivity contribution >= 4 is 11.6 Å². The summed E-state index contributed by atoms with van der Waals surface area (Å²) in [7, 11) is 3.39. The Kier molecular flexibility index (Phi) is 7.73. The van der Waals surface area contributed by atoms with Crippen molar-refractivity contribution in [2.24, 2.45) is 0 Å². The predicted octanol–water partition coefficient (Wildman–Crippen LogP) is 2.56. The van der Waals surface area contributed by atoms with Crippen LogP contribution in [0.15, 0.2) is 48.5 Å². The maximum Gasteiger partial charge on any atom is 0.239 e. The zero-order valence-corrected chi connectivity index (χ0v) is 20.1. The quantitative estimate of drug-likeness (QED) is 0.644. The van der Waals surface area contributed by atoms with Gasteiger partial charge in [-0.25, -0.2) is 0 Å². The molecule has 0 N–H and O–H groups in total. The van der Waals surface area contributed by atoms with Crippen molar-refractivity contribution in [3.63, 3.8) is 0 Å². The van der Waals surface area contributed by atoms with Crippen LogP contribution in [-0.2, 0) is 11.3 Å². The Labute approximate surface area is 197 Å². The molecule has 2 heterocycles. The number of hydrogen-bond acceptors (Lipinski definition) is 6. The van der Waals surface area contributed by atoms with E-state index < -0.39 is 0 Å². The highest BCUT2D eigenvalue weighted by atomic mass is 16.5. The average molecular weight is 453 g/mol. The van der Waals surface area contributed by atoms with Crippen molar-refractivity contribution in [3.8, 4) is 11.5 Å². The first-order valence-corrected chi connectivity index (χ1v) is 11.8. The Morgan fingerprint density at radius 3 is 2.21 bits per heavy atom. The summed E-state index contributed by atoms with van der Waals surface area (Å²) in [6, 6.07) is 16.3. The molecule has 1 unspecified atom stereocenters. The zero-order chi connectivity index (χ0) is 23.2. The molecule has 7 heteroatoms. The minimum absolute atomic E-state index is 0.0817. The third kappa shape index (κ3) is 5.60. The molecule has 7 nitrogen and oxygen atoms in total. The van der Waals surface area contributed by atoms with Gasteiger partial charge >= 0.3 is 0 Å². The number of nitrogens with zero attached hydrogens (tertiary/aromatic N) is 4. The van der Waals surface area contributed by atoms with Gasteiger partial charge in [0.2, 0.25) is 5.91 Å². The number of ether oxygens (including phenoxy) is 2. The second-order valence-electron chi connectivity index (χ2n) is 8.81. The highest BCUT2D eigenvalue weighted by Gasteiger charge is 2.30. The van der Waals surface area contributed by atoms with Crippen molar-refractivity contribution in [1.82, 2.24) is 14.7 Å². The lowest BCUT2D eigenvalue weighted by atomic mass is 10.1. The van der Waals surface area contributed by atoms with Gasteiger partial charge in [0.1, 0.15) is 11.5 Å². The number of anilines is 1. The highest BCUT2D eigenvalue weighted by molar-refractivity contribution is 5.81. The van der Waals surface area contributed by atoms with E-state index in [1.165, 1.54) is 5.69 Å². The minimum Gasteiger partial charge on any atom is -0.497 e. The molecule has 0 aromatic heterocycles. The molecule has 33 heavy (non-hydrogen) atoms. The fraction of sp³-hybridized carbons (Fsp3) is 0.500. The summed E-state index contributed by atoms with van der Waals surface area (Å²) >= 11 is 0. The van der Waals surface area contributed by atoms with E-state index in [4.69, 9.17) is 9.47 Å². The van der Waals surface area contributed by atoms with Crippen molar-refractivity contribution in [2.45, 2.75) is 19.5 Å². The van der Waals surface area contributed by atoms with Crippen LogP contribution in [0.4, 0.5) is 5.69 Å². The van der Waals surface area contributed by atoms with Crippen LogP contribution in [0.2, 0.25) is 0 Å². The van der Waals surface area contributed by atoms with Gasteiger partial charge in [-0.05, 0) is 37.3 Å². The normalized spacial score (nSPS) is 18.8. The van der Waals surface area contributed by atoms with Gasteiger partial charge in [-0.1, -0.05) is 18.2 Å². The number of piperazine rings is 2. The molecular weight excluding hydrogens is 416 g/mol. The number of carbonyl (C=O) groups is 1. The summed E-state index contributed by atoms with van der Waals surface area (Å²) in [5, 5.41) is 0. The van der Waals surface area contributed by atoms with Gasteiger partial charge in [-0.15, -0.1) is 0 Å². The number of rotatable bonds is 7. The molecule has 2 fully saturated rings. The Morgan fingerprint density at radius 2 is 1.58 bits per heavy atom. The van der Waals surface area contributed by atoms with E-state index in [9.17, 15) is 4.79 Å². The smallest absolute Gasteiger partial charge is 0.239 e. The van der Waals surface area contributed by atoms with Crippen LogP contribution in [0, 0.1) is 0 Å². The van der Waals surface area contributed by atoms with Gasteiger partial charge in [-0.3, -0.25) is 14.6 Å². The Balaban J connectivity index is 1.26. The van der Waals surface area contributed by atoms with Gasteiger partial charge in [0.25, 0.3) is 0 Å². The average Bonchev–Trinajstić information content (AvgIpc) is 2.89. The molecule has 0 aliphatic carbocycles. The first kappa shape index (κ1) is 23.4. The first-order chi connectivity index (χ1) is 16.1. The Morgan fingerprint density at radius 1 is 0.879 bits per heavy atom. The third-order valence-electron chi connectivity index (χ3n) is 6.91. The number of amides is 1. The van der Waals surface area contributed by atoms with Crippen LogP contribution < -0.4 is 14.4 Å². The zero-order valence-electron chi connectivity index (χ0n) is 20.1. The summed E-state index contributed by atoms with van der Waals surface area (Å²) in [4.78, 5) is 22.3. The van der Waals surface area contributed by atoms with Gasteiger partial charge in [0.05, 0.1) is 20.3 Å². The number of benzene rings is 2. The molecule has 2 saturated heterocycles. The fourth-order valence-electron chi connectivity index (χ4n) is 4.80. The van der Waals surface area contributed by atoms with E-state index >= 15 is 0 Å². The third-order valence-corrected chi connectivity index (χ3v) is 6.91. The monoisotopic (exact) mass is 452 g/mol. The van der Waals surface area contributed by atoms with E-state index in [0.29, 0.717) is 0 Å². The van der Waals surface area contributed by atoms with E-state index in [2.05, 4.69) is 45.9 Å². The number of carbonyl (C=O) groups excluding carboxylic acids is 1. The fourth-order valence-corrected chi connectivity index (χ4v) is 4.80. The molecule has 178 valence electrons. The van der Waals surface area contributed by atoms with Crippen LogP contribution in [0.3, 0.4) is 0 Å². The number of hydrogen-bond donors (Lipinski definition) is 0. The van der Waals surface area contributed by atoms with Crippen LogP contribution in [0.25, 0.3) is 0 Å². The molecule has 2 aromatic carbocycles. The molecule has 2 aromatic rings. The first-order valence-electron chi connectivity index (χ1n) is 11.8. The van der Waals surface area contributed by atoms with E-state index in [-0.39, 0.29) is 11.9 Å². The van der Waals surface area contributed by atoms with Gasteiger partial charge in [0, 0.05) is 70.2 Å². The van der Waals surface area contributed by atoms with Crippen LogP contribution >= 0.6 is 0 Å². The van der Waals surface area contributed by atoms with Gasteiger partial charge in [-0.2, -0.15) is 0 Å². The molecular formula is C26H36N4O3. The standard InChI is InChI=1S/C26H36N4O3/c1-21(26(31)30-17-15-29(16-18-30)23-7-5-4-6-8-23)28-13-11-27(12-14-28)20-22-19-24(32-2)9-10-25(22)33-3/h4-10,19,21H,11-18,20H2,1-3H3. The summed E-state index contributed by atoms with van der Waals surface area (Å²) < 4.78 is 10.9. The summed E-state index contributed by atoms with van der Waals surface area (Å²) in [6.07, 6.45) is 0. The molecule has 4 rings (SSSR count). The van der Waals surface area contributed by atoms with E-state index in [1.54, 1.807) is 14.2 Å². The second-order valence-corrected chi connectivity index (χ2v) is 8.81. The lowest BCUT2D eigenvalue weighted by Crippen LogP contribution is -2.57. The SMILES string of the molecule is COc1ccc(OC)c(CN2CCN(C(C)C(=O)N3CCN(c4ccccc4)CC3)CC2)c1. The number of para-hydroxylation sites is 1. The van der Waals surface area contributed by atoms with Crippen LogP contribution in [0.1, 0.15) is 12.5 Å². The lowest BCUT2D eigenvalue weighted by molar-refractivity contribution is -0.137. The lowest BCUT2D eigenvalue weighted by Gasteiger charge is -2.41. The maximum atomic E-state index is 13.2. The second kappa shape index (κ2) is 10.9. The van der Waals surface area contributed by atoms with Crippen molar-refractivity contribution in [2.75, 3.05) is 71.5 Å². The molecule has 0 spiro atoms. The molecule has 2 aliphatic heterocycles. The minimum atomic E-state index is -0.0817. The van der Waals surface area contributed by atoms with Gasteiger partial charge in [0.15, 0.2) is 0 Å². The van der Waals surface area contributed by atoms with Crippen LogP contribution in [0.5, 0.6) is 11.5 Å². The summed E-state index contributed by atoms with van der Waals surface area (Å²) in [6.45, 7) is 9.87. The number of methoxy groups -OCH3 is 2. The van der Waals surface area contributed by atoms with Crippen LogP contribution in [-0.4, -0.2) is 93.2 Å². The van der Waals surface area contributed by atoms with Crippen molar-refractivity contribution in [3.05, 3.63) is 54.1 Å². The van der Waals surface area contributed by atoms with Crippen molar-refractivity contribution < 1.29 is 14.3 Å². The molecule has 2 aliphatic rings. The maximum absolute atomic E-state index is 13.2. The highest BCUT2D eigenvalue weighted by Crippen LogP contribution is 2.26. The van der Waals surface area contributed by atoms with E-state index in [1.807, 2.05) is 29.2 Å².